The van der Waals surface area contributed by atoms with E-state index in [1.165, 1.54) is 0 Å². The average Bonchev–Trinajstić information content (AvgIpc) is 2.65. The molecule has 1 heterocycles. The Balaban J connectivity index is 2.46. The minimum Gasteiger partial charge on any atom is -0.360 e. The van der Waals surface area contributed by atoms with Crippen molar-refractivity contribution in [2.45, 2.75) is 25.7 Å². The molecular weight excluding hydrogens is 288 g/mol. The van der Waals surface area contributed by atoms with E-state index < -0.39 is 10.0 Å². The minimum absolute atomic E-state index is 0.0619. The molecule has 0 amide bonds. The Morgan fingerprint density at radius 1 is 1.26 bits per heavy atom. The van der Waals surface area contributed by atoms with Crippen molar-refractivity contribution in [1.29, 1.82) is 0 Å². The molecule has 0 saturated heterocycles. The number of hydrogen-bond acceptors (Lipinski definition) is 4. The van der Waals surface area contributed by atoms with Crippen molar-refractivity contribution in [3.8, 4) is 0 Å². The van der Waals surface area contributed by atoms with Gasteiger partial charge in [-0.05, 0) is 38.5 Å². The maximum Gasteiger partial charge on any atom is 0.267 e. The molecule has 0 bridgehead atoms. The van der Waals surface area contributed by atoms with E-state index in [-0.39, 0.29) is 10.7 Å². The minimum atomic E-state index is -3.74. The van der Waals surface area contributed by atoms with E-state index in [9.17, 15) is 8.42 Å². The predicted molar refractivity (Wildman–Crippen MR) is 73.0 cm³/mol. The Kier molecular flexibility index (Phi) is 3.56. The molecule has 0 unspecified atom stereocenters. The number of rotatable bonds is 3. The lowest BCUT2D eigenvalue weighted by Crippen LogP contribution is -2.15. The second kappa shape index (κ2) is 4.86. The normalized spacial score (nSPS) is 11.6. The smallest absolute Gasteiger partial charge is 0.267 e. The summed E-state index contributed by atoms with van der Waals surface area (Å²) in [5, 5.41) is 4.14. The molecule has 0 spiro atoms. The fourth-order valence-electron chi connectivity index (χ4n) is 1.77. The number of halogens is 1. The summed E-state index contributed by atoms with van der Waals surface area (Å²) < 4.78 is 32.0. The van der Waals surface area contributed by atoms with Gasteiger partial charge in [0.1, 0.15) is 5.69 Å². The first-order valence-corrected chi connectivity index (χ1v) is 7.40. The van der Waals surface area contributed by atoms with Crippen LogP contribution in [0.5, 0.6) is 0 Å². The van der Waals surface area contributed by atoms with Gasteiger partial charge in [-0.2, -0.15) is 0 Å². The molecule has 102 valence electrons. The van der Waals surface area contributed by atoms with Crippen molar-refractivity contribution in [2.75, 3.05) is 4.72 Å². The number of hydrogen-bond donors (Lipinski definition) is 1. The van der Waals surface area contributed by atoms with E-state index in [4.69, 9.17) is 16.1 Å². The third kappa shape index (κ3) is 2.59. The quantitative estimate of drug-likeness (QED) is 0.945. The highest BCUT2D eigenvalue weighted by Gasteiger charge is 2.24. The Morgan fingerprint density at radius 3 is 2.53 bits per heavy atom. The number of sulfonamides is 1. The lowest BCUT2D eigenvalue weighted by Gasteiger charge is -2.10. The Bertz CT molecular complexity index is 703. The fraction of sp³-hybridized carbons (Fsp3) is 0.250. The zero-order valence-electron chi connectivity index (χ0n) is 10.7. The topological polar surface area (TPSA) is 72.2 Å². The molecule has 0 atom stereocenters. The summed E-state index contributed by atoms with van der Waals surface area (Å²) in [7, 11) is -3.74. The van der Waals surface area contributed by atoms with Crippen molar-refractivity contribution < 1.29 is 12.9 Å². The van der Waals surface area contributed by atoms with Crippen LogP contribution in [0.2, 0.25) is 5.02 Å². The van der Waals surface area contributed by atoms with E-state index in [0.717, 1.165) is 0 Å². The number of nitrogens with zero attached hydrogens (tertiary/aromatic N) is 1. The highest BCUT2D eigenvalue weighted by molar-refractivity contribution is 7.92. The molecule has 0 fully saturated rings. The van der Waals surface area contributed by atoms with Crippen LogP contribution in [0.15, 0.2) is 27.6 Å². The standard InChI is InChI=1S/C12H13ClN2O3S/c1-7-10(13)5-4-6-11(7)15-19(16,17)12-8(2)14-18-9(12)3/h4-6,15H,1-3H3. The van der Waals surface area contributed by atoms with Crippen molar-refractivity contribution in [2.24, 2.45) is 0 Å². The molecule has 0 radical (unpaired) electrons. The van der Waals surface area contributed by atoms with Gasteiger partial charge in [0.15, 0.2) is 10.7 Å². The first kappa shape index (κ1) is 13.9. The maximum atomic E-state index is 12.3. The molecule has 7 heteroatoms. The van der Waals surface area contributed by atoms with Gasteiger partial charge in [-0.25, -0.2) is 8.42 Å². The summed E-state index contributed by atoms with van der Waals surface area (Å²) in [6.07, 6.45) is 0. The number of anilines is 1. The molecule has 19 heavy (non-hydrogen) atoms. The summed E-state index contributed by atoms with van der Waals surface area (Å²) in [4.78, 5) is 0.0619. The fourth-order valence-corrected chi connectivity index (χ4v) is 3.40. The van der Waals surface area contributed by atoms with Crippen molar-refractivity contribution in [1.82, 2.24) is 5.16 Å². The van der Waals surface area contributed by atoms with Crippen LogP contribution in [-0.2, 0) is 10.0 Å². The molecule has 0 aliphatic rings. The van der Waals surface area contributed by atoms with Crippen LogP contribution in [-0.4, -0.2) is 13.6 Å². The van der Waals surface area contributed by atoms with E-state index in [1.54, 1.807) is 39.0 Å². The van der Waals surface area contributed by atoms with Gasteiger partial charge in [-0.1, -0.05) is 22.8 Å². The van der Waals surface area contributed by atoms with Gasteiger partial charge in [0.05, 0.1) is 5.69 Å². The molecule has 0 saturated carbocycles. The van der Waals surface area contributed by atoms with Gasteiger partial charge in [0.2, 0.25) is 0 Å². The van der Waals surface area contributed by atoms with Gasteiger partial charge in [0, 0.05) is 5.02 Å². The zero-order valence-corrected chi connectivity index (χ0v) is 12.3. The van der Waals surface area contributed by atoms with Gasteiger partial charge < -0.3 is 4.52 Å². The molecule has 5 nitrogen and oxygen atoms in total. The number of aromatic nitrogens is 1. The van der Waals surface area contributed by atoms with Gasteiger partial charge in [0.25, 0.3) is 10.0 Å². The Morgan fingerprint density at radius 2 is 1.95 bits per heavy atom. The summed E-state index contributed by atoms with van der Waals surface area (Å²) in [6, 6.07) is 5.03. The molecule has 1 aromatic heterocycles. The van der Waals surface area contributed by atoms with E-state index in [2.05, 4.69) is 9.88 Å². The van der Waals surface area contributed by atoms with Crippen LogP contribution < -0.4 is 4.72 Å². The largest absolute Gasteiger partial charge is 0.360 e. The van der Waals surface area contributed by atoms with Crippen LogP contribution in [0.1, 0.15) is 17.0 Å². The van der Waals surface area contributed by atoms with E-state index in [0.29, 0.717) is 22.0 Å². The van der Waals surface area contributed by atoms with Gasteiger partial charge in [-0.3, -0.25) is 4.72 Å². The van der Waals surface area contributed by atoms with Crippen LogP contribution >= 0.6 is 11.6 Å². The van der Waals surface area contributed by atoms with Gasteiger partial charge in [-0.15, -0.1) is 0 Å². The third-order valence-corrected chi connectivity index (χ3v) is 4.77. The highest BCUT2D eigenvalue weighted by Crippen LogP contribution is 2.27. The van der Waals surface area contributed by atoms with Crippen LogP contribution in [0.3, 0.4) is 0 Å². The molecule has 0 aliphatic carbocycles. The summed E-state index contributed by atoms with van der Waals surface area (Å²) in [5.41, 5.74) is 1.43. The SMILES string of the molecule is Cc1noc(C)c1S(=O)(=O)Nc1cccc(Cl)c1C. The Hall–Kier alpha value is -1.53. The van der Waals surface area contributed by atoms with E-state index >= 15 is 0 Å². The molecular formula is C12H13ClN2O3S. The molecule has 2 aromatic rings. The second-order valence-corrected chi connectivity index (χ2v) is 6.20. The Labute approximate surface area is 116 Å². The molecule has 1 N–H and O–H groups in total. The number of nitrogens with one attached hydrogen (secondary N) is 1. The first-order chi connectivity index (χ1) is 8.83. The second-order valence-electron chi connectivity index (χ2n) is 4.17. The lowest BCUT2D eigenvalue weighted by atomic mass is 10.2. The lowest BCUT2D eigenvalue weighted by molar-refractivity contribution is 0.390. The monoisotopic (exact) mass is 300 g/mol. The maximum absolute atomic E-state index is 12.3. The van der Waals surface area contributed by atoms with Crippen molar-refractivity contribution >= 4 is 27.3 Å². The van der Waals surface area contributed by atoms with Crippen LogP contribution in [0.25, 0.3) is 0 Å². The first-order valence-electron chi connectivity index (χ1n) is 5.53. The molecule has 0 aliphatic heterocycles. The summed E-state index contributed by atoms with van der Waals surface area (Å²) >= 11 is 5.96. The summed E-state index contributed by atoms with van der Waals surface area (Å²) in [6.45, 7) is 4.88. The predicted octanol–water partition coefficient (Wildman–Crippen LogP) is 3.05. The molecule has 2 rings (SSSR count). The summed E-state index contributed by atoms with van der Waals surface area (Å²) in [5.74, 6) is 0.254. The van der Waals surface area contributed by atoms with Crippen LogP contribution in [0, 0.1) is 20.8 Å². The number of aryl methyl sites for hydroxylation is 2. The average molecular weight is 301 g/mol. The highest BCUT2D eigenvalue weighted by atomic mass is 35.5. The van der Waals surface area contributed by atoms with E-state index in [1.807, 2.05) is 0 Å². The van der Waals surface area contributed by atoms with Crippen LogP contribution in [0.4, 0.5) is 5.69 Å². The number of benzene rings is 1. The molecule has 1 aromatic carbocycles. The van der Waals surface area contributed by atoms with Crippen molar-refractivity contribution in [3.63, 3.8) is 0 Å². The van der Waals surface area contributed by atoms with Gasteiger partial charge >= 0.3 is 0 Å². The zero-order chi connectivity index (χ0) is 14.2. The third-order valence-electron chi connectivity index (χ3n) is 2.75. The van der Waals surface area contributed by atoms with Crippen molar-refractivity contribution in [3.05, 3.63) is 40.2 Å².